The van der Waals surface area contributed by atoms with Gasteiger partial charge < -0.3 is 14.5 Å². The van der Waals surface area contributed by atoms with Crippen molar-refractivity contribution in [3.05, 3.63) is 29.8 Å². The van der Waals surface area contributed by atoms with Crippen LogP contribution < -0.4 is 4.74 Å². The molecule has 1 aromatic rings. The fourth-order valence-electron chi connectivity index (χ4n) is 3.70. The van der Waals surface area contributed by atoms with E-state index < -0.39 is 0 Å². The molecule has 1 saturated heterocycles. The normalized spacial score (nSPS) is 18.2. The van der Waals surface area contributed by atoms with Gasteiger partial charge in [-0.1, -0.05) is 13.3 Å². The summed E-state index contributed by atoms with van der Waals surface area (Å²) >= 11 is 0. The number of carbonyl (C=O) groups is 2. The lowest BCUT2D eigenvalue weighted by Crippen LogP contribution is -2.50. The third-order valence-electron chi connectivity index (χ3n) is 5.37. The predicted octanol–water partition coefficient (Wildman–Crippen LogP) is 3.48. The minimum atomic E-state index is 0.0399. The number of nitrogens with zero attached hydrogens (tertiary/aromatic N) is 2. The van der Waals surface area contributed by atoms with E-state index in [9.17, 15) is 9.59 Å². The molecule has 142 valence electrons. The van der Waals surface area contributed by atoms with Gasteiger partial charge in [0.15, 0.2) is 0 Å². The number of hydrogen-bond donors (Lipinski definition) is 0. The molecule has 1 saturated carbocycles. The summed E-state index contributed by atoms with van der Waals surface area (Å²) in [6, 6.07) is 7.50. The molecule has 5 heteroatoms. The van der Waals surface area contributed by atoms with Crippen molar-refractivity contribution in [3.63, 3.8) is 0 Å². The summed E-state index contributed by atoms with van der Waals surface area (Å²) in [4.78, 5) is 28.5. The molecule has 1 aliphatic carbocycles. The summed E-state index contributed by atoms with van der Waals surface area (Å²) in [6.45, 7) is 4.58. The molecular weight excluding hydrogens is 328 g/mol. The van der Waals surface area contributed by atoms with Gasteiger partial charge in [0.1, 0.15) is 5.75 Å². The molecule has 0 radical (unpaired) electrons. The van der Waals surface area contributed by atoms with Gasteiger partial charge in [0.2, 0.25) is 5.91 Å². The van der Waals surface area contributed by atoms with Gasteiger partial charge in [-0.15, -0.1) is 0 Å². The van der Waals surface area contributed by atoms with Crippen molar-refractivity contribution >= 4 is 11.8 Å². The number of unbranched alkanes of at least 4 members (excludes halogenated alkanes) is 1. The molecule has 0 N–H and O–H groups in total. The van der Waals surface area contributed by atoms with Gasteiger partial charge in [0.25, 0.3) is 5.91 Å². The second-order valence-corrected chi connectivity index (χ2v) is 7.33. The monoisotopic (exact) mass is 358 g/mol. The third-order valence-corrected chi connectivity index (χ3v) is 5.37. The zero-order valence-corrected chi connectivity index (χ0v) is 15.8. The van der Waals surface area contributed by atoms with Crippen LogP contribution >= 0.6 is 0 Å². The second-order valence-electron chi connectivity index (χ2n) is 7.33. The molecule has 5 nitrogen and oxygen atoms in total. The summed E-state index contributed by atoms with van der Waals surface area (Å²) in [5.74, 6) is 1.10. The Hall–Kier alpha value is -2.04. The van der Waals surface area contributed by atoms with Gasteiger partial charge in [-0.05, 0) is 56.4 Å². The van der Waals surface area contributed by atoms with E-state index in [1.165, 1.54) is 12.8 Å². The molecule has 0 bridgehead atoms. The van der Waals surface area contributed by atoms with Crippen LogP contribution in [0.3, 0.4) is 0 Å². The van der Waals surface area contributed by atoms with Gasteiger partial charge in [-0.2, -0.15) is 0 Å². The highest BCUT2D eigenvalue weighted by Crippen LogP contribution is 2.24. The molecule has 0 unspecified atom stereocenters. The number of piperazine rings is 1. The average Bonchev–Trinajstić information content (AvgIpc) is 3.19. The van der Waals surface area contributed by atoms with Crippen molar-refractivity contribution in [3.8, 4) is 5.75 Å². The van der Waals surface area contributed by atoms with E-state index in [4.69, 9.17) is 4.74 Å². The summed E-state index contributed by atoms with van der Waals surface area (Å²) in [5.41, 5.74) is 0.689. The molecule has 3 rings (SSSR count). The Morgan fingerprint density at radius 2 is 1.62 bits per heavy atom. The Balaban J connectivity index is 1.49. The standard InChI is InChI=1S/C21H30N2O3/c1-2-3-8-20(24)22-13-15-23(16-14-22)21(25)17-9-11-19(12-10-17)26-18-6-4-5-7-18/h9-12,18H,2-8,13-16H2,1H3. The summed E-state index contributed by atoms with van der Waals surface area (Å²) < 4.78 is 5.96. The van der Waals surface area contributed by atoms with E-state index in [1.54, 1.807) is 0 Å². The molecule has 2 amide bonds. The highest BCUT2D eigenvalue weighted by molar-refractivity contribution is 5.94. The Morgan fingerprint density at radius 3 is 2.23 bits per heavy atom. The van der Waals surface area contributed by atoms with Gasteiger partial charge in [-0.25, -0.2) is 0 Å². The van der Waals surface area contributed by atoms with Crippen molar-refractivity contribution in [2.45, 2.75) is 58.0 Å². The SMILES string of the molecule is CCCCC(=O)N1CCN(C(=O)c2ccc(OC3CCCC3)cc2)CC1. The number of benzene rings is 1. The van der Waals surface area contributed by atoms with Crippen LogP contribution in [0.2, 0.25) is 0 Å². The molecule has 2 aliphatic rings. The van der Waals surface area contributed by atoms with Crippen LogP contribution in [-0.2, 0) is 4.79 Å². The van der Waals surface area contributed by atoms with Crippen LogP contribution in [0.25, 0.3) is 0 Å². The van der Waals surface area contributed by atoms with Gasteiger partial charge in [-0.3, -0.25) is 9.59 Å². The van der Waals surface area contributed by atoms with E-state index in [0.29, 0.717) is 44.3 Å². The fourth-order valence-corrected chi connectivity index (χ4v) is 3.70. The van der Waals surface area contributed by atoms with Gasteiger partial charge in [0.05, 0.1) is 6.10 Å². The number of ether oxygens (including phenoxy) is 1. The first-order valence-corrected chi connectivity index (χ1v) is 10.0. The topological polar surface area (TPSA) is 49.9 Å². The summed E-state index contributed by atoms with van der Waals surface area (Å²) in [7, 11) is 0. The van der Waals surface area contributed by atoms with Crippen molar-refractivity contribution in [2.24, 2.45) is 0 Å². The fraction of sp³-hybridized carbons (Fsp3) is 0.619. The maximum Gasteiger partial charge on any atom is 0.253 e. The highest BCUT2D eigenvalue weighted by atomic mass is 16.5. The average molecular weight is 358 g/mol. The van der Waals surface area contributed by atoms with E-state index >= 15 is 0 Å². The molecule has 2 fully saturated rings. The zero-order chi connectivity index (χ0) is 18.4. The Morgan fingerprint density at radius 1 is 1.00 bits per heavy atom. The maximum atomic E-state index is 12.7. The smallest absolute Gasteiger partial charge is 0.253 e. The first-order valence-electron chi connectivity index (χ1n) is 10.0. The van der Waals surface area contributed by atoms with E-state index in [1.807, 2.05) is 34.1 Å². The Labute approximate surface area is 156 Å². The van der Waals surface area contributed by atoms with Crippen molar-refractivity contribution in [1.82, 2.24) is 9.80 Å². The van der Waals surface area contributed by atoms with Crippen molar-refractivity contribution in [1.29, 1.82) is 0 Å². The number of carbonyl (C=O) groups excluding carboxylic acids is 2. The number of rotatable bonds is 6. The summed E-state index contributed by atoms with van der Waals surface area (Å²) in [6.07, 6.45) is 7.66. The van der Waals surface area contributed by atoms with Crippen LogP contribution in [0.5, 0.6) is 5.75 Å². The van der Waals surface area contributed by atoms with Crippen LogP contribution in [0.15, 0.2) is 24.3 Å². The van der Waals surface area contributed by atoms with E-state index in [2.05, 4.69) is 6.92 Å². The van der Waals surface area contributed by atoms with E-state index in [-0.39, 0.29) is 11.8 Å². The Kier molecular flexibility index (Phi) is 6.53. The lowest BCUT2D eigenvalue weighted by Gasteiger charge is -2.35. The van der Waals surface area contributed by atoms with Crippen LogP contribution in [0.4, 0.5) is 0 Å². The lowest BCUT2D eigenvalue weighted by molar-refractivity contribution is -0.132. The lowest BCUT2D eigenvalue weighted by atomic mass is 10.1. The number of hydrogen-bond acceptors (Lipinski definition) is 3. The Bertz CT molecular complexity index is 600. The first kappa shape index (κ1) is 18.7. The third kappa shape index (κ3) is 4.77. The van der Waals surface area contributed by atoms with Crippen LogP contribution in [0, 0.1) is 0 Å². The molecule has 0 spiro atoms. The summed E-state index contributed by atoms with van der Waals surface area (Å²) in [5, 5.41) is 0. The first-order chi connectivity index (χ1) is 12.7. The van der Waals surface area contributed by atoms with Crippen LogP contribution in [0.1, 0.15) is 62.2 Å². The quantitative estimate of drug-likeness (QED) is 0.782. The van der Waals surface area contributed by atoms with Crippen LogP contribution in [-0.4, -0.2) is 53.9 Å². The molecule has 1 aliphatic heterocycles. The van der Waals surface area contributed by atoms with E-state index in [0.717, 1.165) is 31.4 Å². The van der Waals surface area contributed by atoms with Crippen molar-refractivity contribution < 1.29 is 14.3 Å². The molecular formula is C21H30N2O3. The van der Waals surface area contributed by atoms with Crippen molar-refractivity contribution in [2.75, 3.05) is 26.2 Å². The second kappa shape index (κ2) is 9.06. The molecule has 1 aromatic carbocycles. The minimum Gasteiger partial charge on any atom is -0.490 e. The minimum absolute atomic E-state index is 0.0399. The van der Waals surface area contributed by atoms with Gasteiger partial charge in [0, 0.05) is 38.2 Å². The molecule has 0 atom stereocenters. The number of amides is 2. The molecule has 1 heterocycles. The largest absolute Gasteiger partial charge is 0.490 e. The van der Waals surface area contributed by atoms with Gasteiger partial charge >= 0.3 is 0 Å². The maximum absolute atomic E-state index is 12.7. The molecule has 26 heavy (non-hydrogen) atoms. The molecule has 0 aromatic heterocycles. The predicted molar refractivity (Wildman–Crippen MR) is 101 cm³/mol. The zero-order valence-electron chi connectivity index (χ0n) is 15.8. The highest BCUT2D eigenvalue weighted by Gasteiger charge is 2.24.